The van der Waals surface area contributed by atoms with Crippen molar-refractivity contribution in [2.75, 3.05) is 13.7 Å². The predicted molar refractivity (Wildman–Crippen MR) is 88.3 cm³/mol. The minimum atomic E-state index is 0.156. The van der Waals surface area contributed by atoms with Crippen molar-refractivity contribution in [1.29, 1.82) is 0 Å². The SMILES string of the molecule is COCC(C)SC(C)CC(=O)C1CCC(C)(C)C=C1C. The van der Waals surface area contributed by atoms with Gasteiger partial charge in [-0.15, -0.1) is 0 Å². The van der Waals surface area contributed by atoms with Crippen molar-refractivity contribution in [2.45, 2.75) is 64.4 Å². The maximum atomic E-state index is 12.5. The van der Waals surface area contributed by atoms with Gasteiger partial charge in [0.1, 0.15) is 5.78 Å². The van der Waals surface area contributed by atoms with E-state index in [0.717, 1.165) is 19.4 Å². The number of Topliss-reactive ketones (excluding diaryl/α,β-unsaturated/α-hetero) is 1. The molecule has 0 amide bonds. The highest BCUT2D eigenvalue weighted by Crippen LogP contribution is 2.37. The van der Waals surface area contributed by atoms with Crippen molar-refractivity contribution < 1.29 is 9.53 Å². The van der Waals surface area contributed by atoms with Gasteiger partial charge < -0.3 is 4.74 Å². The van der Waals surface area contributed by atoms with E-state index in [-0.39, 0.29) is 11.3 Å². The molecular formula is C17H30O2S. The lowest BCUT2D eigenvalue weighted by atomic mass is 9.73. The molecule has 1 aliphatic rings. The second kappa shape index (κ2) is 7.65. The van der Waals surface area contributed by atoms with Crippen molar-refractivity contribution >= 4 is 17.5 Å². The minimum Gasteiger partial charge on any atom is -0.384 e. The molecular weight excluding hydrogens is 268 g/mol. The summed E-state index contributed by atoms with van der Waals surface area (Å²) in [7, 11) is 1.73. The maximum absolute atomic E-state index is 12.5. The molecule has 0 bridgehead atoms. The summed E-state index contributed by atoms with van der Waals surface area (Å²) in [5, 5.41) is 0.820. The van der Waals surface area contributed by atoms with E-state index in [9.17, 15) is 4.79 Å². The first-order valence-corrected chi connectivity index (χ1v) is 8.56. The zero-order chi connectivity index (χ0) is 15.3. The summed E-state index contributed by atoms with van der Waals surface area (Å²) in [5.74, 6) is 0.572. The third-order valence-electron chi connectivity index (χ3n) is 3.99. The lowest BCUT2D eigenvalue weighted by Gasteiger charge is -2.32. The number of hydrogen-bond acceptors (Lipinski definition) is 3. The van der Waals surface area contributed by atoms with Crippen molar-refractivity contribution in [3.05, 3.63) is 11.6 Å². The van der Waals surface area contributed by atoms with E-state index in [2.05, 4.69) is 40.7 Å². The average molecular weight is 298 g/mol. The van der Waals surface area contributed by atoms with E-state index >= 15 is 0 Å². The first-order chi connectivity index (χ1) is 9.25. The molecule has 0 saturated heterocycles. The summed E-state index contributed by atoms with van der Waals surface area (Å²) in [6.45, 7) is 11.7. The van der Waals surface area contributed by atoms with Crippen LogP contribution in [0.1, 0.15) is 53.9 Å². The molecule has 3 heteroatoms. The molecule has 0 heterocycles. The van der Waals surface area contributed by atoms with E-state index in [0.29, 0.717) is 22.7 Å². The summed E-state index contributed by atoms with van der Waals surface area (Å²) in [5.41, 5.74) is 1.53. The second-order valence-electron chi connectivity index (χ2n) is 6.85. The fourth-order valence-electron chi connectivity index (χ4n) is 3.09. The van der Waals surface area contributed by atoms with Crippen LogP contribution in [0, 0.1) is 11.3 Å². The van der Waals surface area contributed by atoms with E-state index in [1.54, 1.807) is 7.11 Å². The van der Waals surface area contributed by atoms with Crippen molar-refractivity contribution in [2.24, 2.45) is 11.3 Å². The van der Waals surface area contributed by atoms with E-state index < -0.39 is 0 Å². The van der Waals surface area contributed by atoms with Gasteiger partial charge in [-0.1, -0.05) is 39.3 Å². The smallest absolute Gasteiger partial charge is 0.141 e. The van der Waals surface area contributed by atoms with Crippen LogP contribution < -0.4 is 0 Å². The van der Waals surface area contributed by atoms with Crippen LogP contribution >= 0.6 is 11.8 Å². The highest BCUT2D eigenvalue weighted by molar-refractivity contribution is 8.00. The number of rotatable bonds is 7. The van der Waals surface area contributed by atoms with Crippen LogP contribution in [0.5, 0.6) is 0 Å². The Morgan fingerprint density at radius 2 is 2.10 bits per heavy atom. The Hall–Kier alpha value is -0.280. The number of carbonyl (C=O) groups excluding carboxylic acids is 1. The summed E-state index contributed by atoms with van der Waals surface area (Å²) >= 11 is 1.85. The predicted octanol–water partition coefficient (Wildman–Crippen LogP) is 4.48. The van der Waals surface area contributed by atoms with Gasteiger partial charge >= 0.3 is 0 Å². The summed E-state index contributed by atoms with van der Waals surface area (Å²) < 4.78 is 5.15. The number of hydrogen-bond donors (Lipinski definition) is 0. The first kappa shape index (κ1) is 17.8. The lowest BCUT2D eigenvalue weighted by Crippen LogP contribution is -2.26. The number of thioether (sulfide) groups is 1. The van der Waals surface area contributed by atoms with Crippen LogP contribution in [-0.4, -0.2) is 30.0 Å². The highest BCUT2D eigenvalue weighted by Gasteiger charge is 2.30. The summed E-state index contributed by atoms with van der Waals surface area (Å²) in [4.78, 5) is 12.5. The van der Waals surface area contributed by atoms with E-state index in [1.165, 1.54) is 5.57 Å². The van der Waals surface area contributed by atoms with Gasteiger partial charge in [-0.3, -0.25) is 4.79 Å². The largest absolute Gasteiger partial charge is 0.384 e. The minimum absolute atomic E-state index is 0.156. The standard InChI is InChI=1S/C17H30O2S/c1-12-10-17(4,5)8-7-15(12)16(18)9-13(2)20-14(3)11-19-6/h10,13-15H,7-9,11H2,1-6H3. The quantitative estimate of drug-likeness (QED) is 0.648. The number of methoxy groups -OCH3 is 1. The van der Waals surface area contributed by atoms with Gasteiger partial charge in [-0.25, -0.2) is 0 Å². The second-order valence-corrected chi connectivity index (χ2v) is 8.73. The van der Waals surface area contributed by atoms with Crippen LogP contribution in [0.4, 0.5) is 0 Å². The molecule has 0 spiro atoms. The Morgan fingerprint density at radius 1 is 1.45 bits per heavy atom. The Kier molecular flexibility index (Phi) is 6.80. The number of ether oxygens (including phenoxy) is 1. The molecule has 0 aliphatic heterocycles. The van der Waals surface area contributed by atoms with Gasteiger partial charge in [-0.05, 0) is 25.2 Å². The normalized spacial score (nSPS) is 24.9. The summed E-state index contributed by atoms with van der Waals surface area (Å²) in [6.07, 6.45) is 5.10. The van der Waals surface area contributed by atoms with E-state index in [1.807, 2.05) is 11.8 Å². The Labute approximate surface area is 128 Å². The van der Waals surface area contributed by atoms with Crippen LogP contribution in [0.25, 0.3) is 0 Å². The van der Waals surface area contributed by atoms with Gasteiger partial charge in [0.05, 0.1) is 6.61 Å². The zero-order valence-corrected chi connectivity index (χ0v) is 14.7. The average Bonchev–Trinajstić information content (AvgIpc) is 2.26. The fourth-order valence-corrected chi connectivity index (χ4v) is 4.36. The van der Waals surface area contributed by atoms with Crippen molar-refractivity contribution in [1.82, 2.24) is 0 Å². The Balaban J connectivity index is 2.51. The molecule has 0 radical (unpaired) electrons. The monoisotopic (exact) mass is 298 g/mol. The van der Waals surface area contributed by atoms with Crippen molar-refractivity contribution in [3.8, 4) is 0 Å². The molecule has 3 atom stereocenters. The topological polar surface area (TPSA) is 26.3 Å². The number of ketones is 1. The fraction of sp³-hybridized carbons (Fsp3) is 0.824. The van der Waals surface area contributed by atoms with Crippen LogP contribution in [-0.2, 0) is 9.53 Å². The third-order valence-corrected chi connectivity index (χ3v) is 5.22. The molecule has 1 rings (SSSR count). The molecule has 0 fully saturated rings. The van der Waals surface area contributed by atoms with Crippen molar-refractivity contribution in [3.63, 3.8) is 0 Å². The molecule has 0 saturated carbocycles. The van der Waals surface area contributed by atoms with Crippen LogP contribution in [0.2, 0.25) is 0 Å². The number of carbonyl (C=O) groups is 1. The molecule has 1 aliphatic carbocycles. The molecule has 116 valence electrons. The summed E-state index contributed by atoms with van der Waals surface area (Å²) in [6, 6.07) is 0. The molecule has 3 unspecified atom stereocenters. The lowest BCUT2D eigenvalue weighted by molar-refractivity contribution is -0.122. The Morgan fingerprint density at radius 3 is 2.65 bits per heavy atom. The number of allylic oxidation sites excluding steroid dienone is 2. The van der Waals surface area contributed by atoms with Gasteiger partial charge in [0, 0.05) is 29.9 Å². The van der Waals surface area contributed by atoms with Gasteiger partial charge in [0.25, 0.3) is 0 Å². The zero-order valence-electron chi connectivity index (χ0n) is 13.9. The highest BCUT2D eigenvalue weighted by atomic mass is 32.2. The Bertz CT molecular complexity index is 360. The molecule has 0 aromatic rings. The maximum Gasteiger partial charge on any atom is 0.141 e. The molecule has 0 N–H and O–H groups in total. The van der Waals surface area contributed by atoms with E-state index in [4.69, 9.17) is 4.74 Å². The van der Waals surface area contributed by atoms with Gasteiger partial charge in [0.15, 0.2) is 0 Å². The first-order valence-electron chi connectivity index (χ1n) is 7.61. The molecule has 2 nitrogen and oxygen atoms in total. The van der Waals surface area contributed by atoms with Gasteiger partial charge in [-0.2, -0.15) is 11.8 Å². The van der Waals surface area contributed by atoms with Gasteiger partial charge in [0.2, 0.25) is 0 Å². The molecule has 0 aromatic carbocycles. The van der Waals surface area contributed by atoms with Crippen LogP contribution in [0.15, 0.2) is 11.6 Å². The molecule has 20 heavy (non-hydrogen) atoms. The molecule has 0 aromatic heterocycles. The van der Waals surface area contributed by atoms with Crippen LogP contribution in [0.3, 0.4) is 0 Å². The third kappa shape index (κ3) is 5.61.